The highest BCUT2D eigenvalue weighted by Gasteiger charge is 2.72. The van der Waals surface area contributed by atoms with Gasteiger partial charge in [-0.05, 0) is 170 Å². The number of carbonyl (C=O) groups excluding carboxylic acids is 6. The number of piperidine rings is 3. The van der Waals surface area contributed by atoms with Gasteiger partial charge in [-0.1, -0.05) is 87.2 Å². The first kappa shape index (κ1) is 64.6. The topological polar surface area (TPSA) is 246 Å². The number of ether oxygens (including phenoxy) is 3. The van der Waals surface area contributed by atoms with E-state index in [0.717, 1.165) is 138 Å². The minimum atomic E-state index is -1.04. The number of unbranched alkanes of at least 4 members (excludes halogenated alkanes) is 9. The maximum Gasteiger partial charge on any atom is 0.248 e. The first-order chi connectivity index (χ1) is 41.5. The van der Waals surface area contributed by atoms with Gasteiger partial charge in [0, 0.05) is 66.5 Å². The fourth-order valence-electron chi connectivity index (χ4n) is 14.6. The van der Waals surface area contributed by atoms with Gasteiger partial charge < -0.3 is 65.7 Å². The molecule has 20 heteroatoms. The van der Waals surface area contributed by atoms with E-state index < -0.39 is 23.0 Å². The summed E-state index contributed by atoms with van der Waals surface area (Å²) in [5, 5.41) is 32.6. The van der Waals surface area contributed by atoms with E-state index in [4.69, 9.17) is 31.5 Å². The normalized spacial score (nSPS) is 22.8. The average molecular weight is 1210 g/mol. The van der Waals surface area contributed by atoms with Gasteiger partial charge >= 0.3 is 0 Å². The fourth-order valence-corrected chi connectivity index (χ4v) is 14.8. The number of amides is 6. The molecule has 6 amide bonds. The quantitative estimate of drug-likeness (QED) is 0.0377. The minimum Gasteiger partial charge on any atom is -0.504 e. The number of anilines is 1. The molecule has 9 rings (SSSR count). The number of benzene rings is 3. The minimum absolute atomic E-state index is 0.0528. The predicted octanol–water partition coefficient (Wildman–Crippen LogP) is 6.50. The number of aromatic hydroxyl groups is 1. The number of aryl methyl sites for hydroxylation is 1. The largest absolute Gasteiger partial charge is 0.504 e. The van der Waals surface area contributed by atoms with Gasteiger partial charge in [-0.2, -0.15) is 0 Å². The lowest BCUT2D eigenvalue weighted by Gasteiger charge is -2.63. The maximum atomic E-state index is 14.2. The summed E-state index contributed by atoms with van der Waals surface area (Å²) >= 11 is 6.57. The Morgan fingerprint density at radius 1 is 0.744 bits per heavy atom. The van der Waals surface area contributed by atoms with Gasteiger partial charge in [0.05, 0.1) is 17.1 Å². The summed E-state index contributed by atoms with van der Waals surface area (Å²) in [4.78, 5) is 85.2. The molecule has 19 nitrogen and oxygen atoms in total. The van der Waals surface area contributed by atoms with Crippen molar-refractivity contribution < 1.29 is 53.2 Å². The van der Waals surface area contributed by atoms with Crippen LogP contribution in [0.5, 0.6) is 11.5 Å². The van der Waals surface area contributed by atoms with Crippen LogP contribution in [-0.4, -0.2) is 177 Å². The van der Waals surface area contributed by atoms with Gasteiger partial charge in [-0.15, -0.1) is 0 Å². The van der Waals surface area contributed by atoms with Gasteiger partial charge in [0.15, 0.2) is 11.5 Å². The fraction of sp³-hybridized carbons (Fsp3) is 0.636. The number of phenols is 1. The molecule has 4 heterocycles. The molecule has 6 aliphatic rings. The van der Waals surface area contributed by atoms with Gasteiger partial charge in [-0.3, -0.25) is 28.8 Å². The molecule has 1 spiro atoms. The van der Waals surface area contributed by atoms with Crippen LogP contribution in [0.25, 0.3) is 0 Å². The Bertz CT molecular complexity index is 2830. The Hall–Kier alpha value is -5.83. The van der Waals surface area contributed by atoms with Crippen LogP contribution < -0.4 is 31.3 Å². The summed E-state index contributed by atoms with van der Waals surface area (Å²) in [6.07, 6.45) is 17.4. The Morgan fingerprint density at radius 3 is 2.01 bits per heavy atom. The van der Waals surface area contributed by atoms with E-state index in [-0.39, 0.29) is 79.7 Å². The number of halogens is 1. The van der Waals surface area contributed by atoms with Crippen LogP contribution in [0.4, 0.5) is 5.69 Å². The van der Waals surface area contributed by atoms with Gasteiger partial charge in [-0.25, -0.2) is 0 Å². The molecular weight excluding hydrogens is 1120 g/mol. The molecule has 2 bridgehead atoms. The number of nitrogens with two attached hydrogens (primary N) is 1. The number of likely N-dealkylation sites (tertiary alicyclic amines) is 3. The van der Waals surface area contributed by atoms with Crippen LogP contribution in [0.2, 0.25) is 5.02 Å². The van der Waals surface area contributed by atoms with Gasteiger partial charge in [0.2, 0.25) is 35.4 Å². The molecule has 86 heavy (non-hydrogen) atoms. The molecule has 7 N–H and O–H groups in total. The van der Waals surface area contributed by atoms with Crippen molar-refractivity contribution in [1.82, 2.24) is 30.7 Å². The first-order valence-electron chi connectivity index (χ1n) is 31.9. The third kappa shape index (κ3) is 15.7. The lowest BCUT2D eigenvalue weighted by Crippen LogP contribution is -2.77. The van der Waals surface area contributed by atoms with Crippen molar-refractivity contribution in [3.05, 3.63) is 87.4 Å². The highest BCUT2D eigenvalue weighted by molar-refractivity contribution is 6.31. The molecule has 5 atom stereocenters. The summed E-state index contributed by atoms with van der Waals surface area (Å²) in [6, 6.07) is 16.5. The number of likely N-dealkylation sites (N-methyl/N-ethyl adjacent to an activating group) is 1. The summed E-state index contributed by atoms with van der Waals surface area (Å²) in [7, 11) is 2.05. The molecule has 1 saturated carbocycles. The Labute approximate surface area is 512 Å². The second-order valence-electron chi connectivity index (χ2n) is 25.2. The van der Waals surface area contributed by atoms with Crippen molar-refractivity contribution in [2.75, 3.05) is 97.3 Å². The zero-order valence-electron chi connectivity index (χ0n) is 50.7. The second kappa shape index (κ2) is 30.4. The molecule has 4 fully saturated rings. The van der Waals surface area contributed by atoms with E-state index >= 15 is 0 Å². The van der Waals surface area contributed by atoms with Crippen molar-refractivity contribution in [1.29, 1.82) is 0 Å². The lowest BCUT2D eigenvalue weighted by atomic mass is 9.48. The number of aliphatic hydroxyl groups is 1. The third-order valence-corrected chi connectivity index (χ3v) is 19.9. The van der Waals surface area contributed by atoms with Gasteiger partial charge in [0.1, 0.15) is 32.5 Å². The van der Waals surface area contributed by atoms with Crippen molar-refractivity contribution in [3.8, 4) is 11.5 Å². The first-order valence-corrected chi connectivity index (χ1v) is 32.3. The molecule has 470 valence electrons. The smallest absolute Gasteiger partial charge is 0.248 e. The second-order valence-corrected chi connectivity index (χ2v) is 25.7. The van der Waals surface area contributed by atoms with Crippen molar-refractivity contribution in [2.45, 2.75) is 165 Å². The molecule has 3 saturated heterocycles. The monoisotopic (exact) mass is 1210 g/mol. The summed E-state index contributed by atoms with van der Waals surface area (Å²) < 4.78 is 17.5. The van der Waals surface area contributed by atoms with Crippen LogP contribution in [0.1, 0.15) is 148 Å². The van der Waals surface area contributed by atoms with E-state index in [9.17, 15) is 39.0 Å². The molecule has 4 aliphatic heterocycles. The molecule has 0 aromatic heterocycles. The SMILES string of the molecule is Cc1ccc(N(CCCN2CCC(Cc3ccc(C(N)=O)cc3)CC2)C(=O)C2CCN(C(=O)COCC(=O)NCCCCCCCCCCCCNC(=O)COCC(=O)N[C@H]3CC[C@@]4(O)[C@H]5Cc6ccc(O)c7c6[C@@]4(CCN5C)[C@H]3O7)CC2)cc1Cl. The van der Waals surface area contributed by atoms with Crippen LogP contribution in [0, 0.1) is 18.8 Å². The number of carbonyl (C=O) groups is 6. The summed E-state index contributed by atoms with van der Waals surface area (Å²) in [5.41, 5.74) is 9.11. The van der Waals surface area contributed by atoms with E-state index in [1.165, 1.54) is 5.56 Å². The van der Waals surface area contributed by atoms with E-state index in [1.807, 2.05) is 55.3 Å². The van der Waals surface area contributed by atoms with Crippen LogP contribution in [0.15, 0.2) is 54.6 Å². The third-order valence-electron chi connectivity index (χ3n) is 19.5. The van der Waals surface area contributed by atoms with E-state index in [2.05, 4.69) is 25.8 Å². The lowest BCUT2D eigenvalue weighted by molar-refractivity contribution is -0.187. The van der Waals surface area contributed by atoms with Gasteiger partial charge in [0.25, 0.3) is 0 Å². The van der Waals surface area contributed by atoms with Crippen LogP contribution in [0.3, 0.4) is 0 Å². The number of hydrogen-bond acceptors (Lipinski definition) is 13. The van der Waals surface area contributed by atoms with Crippen molar-refractivity contribution >= 4 is 52.7 Å². The number of rotatable bonds is 31. The number of nitrogens with zero attached hydrogens (tertiary/aromatic N) is 4. The van der Waals surface area contributed by atoms with Crippen LogP contribution >= 0.6 is 11.6 Å². The number of hydrogen-bond donors (Lipinski definition) is 6. The van der Waals surface area contributed by atoms with E-state index in [1.54, 1.807) is 23.1 Å². The zero-order chi connectivity index (χ0) is 60.8. The molecule has 0 radical (unpaired) electrons. The zero-order valence-corrected chi connectivity index (χ0v) is 51.5. The predicted molar refractivity (Wildman–Crippen MR) is 329 cm³/mol. The molecular formula is C66H93ClN8O11. The highest BCUT2D eigenvalue weighted by Crippen LogP contribution is 2.65. The molecule has 3 aromatic carbocycles. The number of nitrogens with one attached hydrogen (secondary N) is 3. The van der Waals surface area contributed by atoms with Crippen molar-refractivity contribution in [2.24, 2.45) is 17.6 Å². The van der Waals surface area contributed by atoms with Crippen LogP contribution in [-0.2, 0) is 51.7 Å². The molecule has 0 unspecified atom stereocenters. The summed E-state index contributed by atoms with van der Waals surface area (Å²) in [6.45, 7) is 7.33. The van der Waals surface area contributed by atoms with E-state index in [0.29, 0.717) is 93.5 Å². The Morgan fingerprint density at radius 2 is 1.37 bits per heavy atom. The Kier molecular flexibility index (Phi) is 22.8. The summed E-state index contributed by atoms with van der Waals surface area (Å²) in [5.74, 6) is -0.559. The average Bonchev–Trinajstić information content (AvgIpc) is 1.39. The molecule has 2 aliphatic carbocycles. The van der Waals surface area contributed by atoms with Crippen molar-refractivity contribution in [3.63, 3.8) is 0 Å². The maximum absolute atomic E-state index is 14.2. The number of phenolic OH excluding ortho intramolecular Hbond substituents is 1. The molecule has 3 aromatic rings. The number of primary amides is 1. The highest BCUT2D eigenvalue weighted by atomic mass is 35.5. The Balaban J connectivity index is 0.552. The standard InChI is InChI=1S/C66H93ClN8O11/c1-45-14-20-51(40-52(45)67)75(32-13-31-73-33-23-47(24-34-73)38-46-15-17-48(18-16-46)63(68)81)64(82)49-25-35-74(36-26-49)59(80)44-85-42-57(78)70-30-12-10-8-6-4-3-5-7-9-11-29-69-56(77)41-84-43-58(79)71-53-22-27-66(83)55-39-50-19-21-54(76)61-60(50)65(66,62(53)86-61)28-37-72(55)2/h14-21,40,47,49,53,55,62,76,83H,3-13,22-39,41-44H2,1-2H3,(H2,68,81)(H,69,77)(H,70,78)(H,71,79)/t53-,55+,62-,65-,66+/m0/s1.